The molecule has 7 aromatic rings. The van der Waals surface area contributed by atoms with Crippen molar-refractivity contribution in [3.05, 3.63) is 103 Å². The molecule has 0 atom stereocenters. The summed E-state index contributed by atoms with van der Waals surface area (Å²) in [4.78, 5) is 14.4. The third-order valence-corrected chi connectivity index (χ3v) is 8.34. The predicted octanol–water partition coefficient (Wildman–Crippen LogP) is 6.47. The normalized spacial score (nSPS) is 12.2. The van der Waals surface area contributed by atoms with E-state index in [1.807, 2.05) is 36.4 Å². The van der Waals surface area contributed by atoms with Crippen LogP contribution in [-0.4, -0.2) is 23.4 Å². The average molecular weight is 472 g/mol. The van der Waals surface area contributed by atoms with Crippen molar-refractivity contribution in [2.75, 3.05) is 0 Å². The number of benzene rings is 5. The van der Waals surface area contributed by atoms with E-state index in [9.17, 15) is 8.42 Å². The number of hydrogen-bond donors (Lipinski definition) is 0. The van der Waals surface area contributed by atoms with Crippen LogP contribution in [0.3, 0.4) is 0 Å². The number of sulfone groups is 1. The minimum Gasteiger partial charge on any atom is -0.264 e. The number of nitrogens with zero attached hydrogens (tertiary/aromatic N) is 3. The highest BCUT2D eigenvalue weighted by atomic mass is 32.2. The lowest BCUT2D eigenvalue weighted by atomic mass is 9.99. The molecule has 166 valence electrons. The first-order valence-corrected chi connectivity index (χ1v) is 12.7. The summed E-state index contributed by atoms with van der Waals surface area (Å²) in [6, 6.07) is 28.2. The smallest absolute Gasteiger partial charge is 0.207 e. The Morgan fingerprint density at radius 3 is 1.94 bits per heavy atom. The second-order valence-electron chi connectivity index (χ2n) is 8.52. The molecular formula is C29H17N3O2S. The molecule has 0 fully saturated rings. The fraction of sp³-hybridized carbons (Fsp3) is 0. The summed E-state index contributed by atoms with van der Waals surface area (Å²) in [7, 11) is -3.78. The van der Waals surface area contributed by atoms with Crippen LogP contribution in [0, 0.1) is 0 Å². The van der Waals surface area contributed by atoms with Gasteiger partial charge in [0, 0.05) is 33.9 Å². The van der Waals surface area contributed by atoms with Gasteiger partial charge in [0.05, 0.1) is 31.9 Å². The zero-order valence-electron chi connectivity index (χ0n) is 18.4. The zero-order chi connectivity index (χ0) is 23.6. The summed E-state index contributed by atoms with van der Waals surface area (Å²) in [5, 5.41) is 5.65. The standard InChI is InChI=1S/C29H17N3O2S/c33-35(34,27-11-5-6-18-17-30-15-14-20(18)27)19-12-13-25-26(16-19)32-29-24-10-4-2-8-22(24)21-7-1-3-9-23(21)28(29)31-25/h1-17H. The zero-order valence-corrected chi connectivity index (χ0v) is 19.2. The van der Waals surface area contributed by atoms with Crippen molar-refractivity contribution in [2.45, 2.75) is 9.79 Å². The summed E-state index contributed by atoms with van der Waals surface area (Å²) in [6.45, 7) is 0. The van der Waals surface area contributed by atoms with Gasteiger partial charge in [-0.05, 0) is 41.1 Å². The Morgan fingerprint density at radius 2 is 1.23 bits per heavy atom. The van der Waals surface area contributed by atoms with Gasteiger partial charge in [-0.2, -0.15) is 0 Å². The van der Waals surface area contributed by atoms with Crippen molar-refractivity contribution in [2.24, 2.45) is 0 Å². The van der Waals surface area contributed by atoms with Crippen molar-refractivity contribution >= 4 is 64.2 Å². The van der Waals surface area contributed by atoms with E-state index in [2.05, 4.69) is 23.2 Å². The second kappa shape index (κ2) is 7.29. The average Bonchev–Trinajstić information content (AvgIpc) is 2.91. The van der Waals surface area contributed by atoms with Crippen LogP contribution in [0.4, 0.5) is 0 Å². The van der Waals surface area contributed by atoms with Crippen molar-refractivity contribution in [3.63, 3.8) is 0 Å². The van der Waals surface area contributed by atoms with Crippen LogP contribution in [-0.2, 0) is 9.84 Å². The van der Waals surface area contributed by atoms with E-state index in [4.69, 9.17) is 9.97 Å². The molecule has 0 saturated heterocycles. The van der Waals surface area contributed by atoms with Crippen molar-refractivity contribution in [3.8, 4) is 0 Å². The highest BCUT2D eigenvalue weighted by Crippen LogP contribution is 2.35. The predicted molar refractivity (Wildman–Crippen MR) is 139 cm³/mol. The van der Waals surface area contributed by atoms with Gasteiger partial charge in [0.25, 0.3) is 0 Å². The molecule has 0 aliphatic heterocycles. The molecule has 2 aromatic heterocycles. The van der Waals surface area contributed by atoms with Crippen LogP contribution in [0.2, 0.25) is 0 Å². The number of rotatable bonds is 2. The van der Waals surface area contributed by atoms with E-state index in [1.165, 1.54) is 0 Å². The summed E-state index contributed by atoms with van der Waals surface area (Å²) in [5.74, 6) is 0. The first kappa shape index (κ1) is 20.0. The van der Waals surface area contributed by atoms with Gasteiger partial charge in [-0.1, -0.05) is 60.7 Å². The fourth-order valence-corrected chi connectivity index (χ4v) is 6.38. The summed E-state index contributed by atoms with van der Waals surface area (Å²) in [5.41, 5.74) is 2.77. The molecule has 0 unspecified atom stereocenters. The maximum absolute atomic E-state index is 13.7. The Labute approximate surface area is 200 Å². The minimum absolute atomic E-state index is 0.188. The van der Waals surface area contributed by atoms with Crippen LogP contribution in [0.1, 0.15) is 0 Å². The lowest BCUT2D eigenvalue weighted by molar-refractivity contribution is 0.597. The Hall–Kier alpha value is -4.42. The molecule has 35 heavy (non-hydrogen) atoms. The Morgan fingerprint density at radius 1 is 0.571 bits per heavy atom. The first-order valence-electron chi connectivity index (χ1n) is 11.2. The topological polar surface area (TPSA) is 72.8 Å². The van der Waals surface area contributed by atoms with E-state index in [1.54, 1.807) is 48.8 Å². The second-order valence-corrected chi connectivity index (χ2v) is 10.4. The maximum atomic E-state index is 13.7. The SMILES string of the molecule is O=S(=O)(c1ccc2nc3c4ccccc4c4ccccc4c3nc2c1)c1cccc2cnccc12. The van der Waals surface area contributed by atoms with E-state index in [0.717, 1.165) is 38.0 Å². The quantitative estimate of drug-likeness (QED) is 0.213. The number of pyridine rings is 1. The van der Waals surface area contributed by atoms with Gasteiger partial charge >= 0.3 is 0 Å². The first-order chi connectivity index (χ1) is 17.1. The number of hydrogen-bond acceptors (Lipinski definition) is 5. The molecule has 0 bridgehead atoms. The van der Waals surface area contributed by atoms with Crippen LogP contribution in [0.25, 0.3) is 54.4 Å². The summed E-state index contributed by atoms with van der Waals surface area (Å²) in [6.07, 6.45) is 3.27. The minimum atomic E-state index is -3.78. The number of fused-ring (bicyclic) bond motifs is 8. The van der Waals surface area contributed by atoms with E-state index >= 15 is 0 Å². The van der Waals surface area contributed by atoms with Gasteiger partial charge in [-0.15, -0.1) is 0 Å². The van der Waals surface area contributed by atoms with Gasteiger partial charge in [0.2, 0.25) is 9.84 Å². The largest absolute Gasteiger partial charge is 0.264 e. The Kier molecular flexibility index (Phi) is 4.16. The van der Waals surface area contributed by atoms with Gasteiger partial charge in [-0.3, -0.25) is 4.98 Å². The third kappa shape index (κ3) is 2.93. The van der Waals surface area contributed by atoms with E-state index in [-0.39, 0.29) is 9.79 Å². The molecule has 0 amide bonds. The van der Waals surface area contributed by atoms with E-state index < -0.39 is 9.84 Å². The molecule has 5 nitrogen and oxygen atoms in total. The van der Waals surface area contributed by atoms with Crippen molar-refractivity contribution in [1.82, 2.24) is 15.0 Å². The monoisotopic (exact) mass is 471 g/mol. The van der Waals surface area contributed by atoms with Gasteiger partial charge in [0.1, 0.15) is 0 Å². The molecule has 2 heterocycles. The molecular weight excluding hydrogens is 454 g/mol. The summed E-state index contributed by atoms with van der Waals surface area (Å²) < 4.78 is 27.3. The van der Waals surface area contributed by atoms with Gasteiger partial charge in [0.15, 0.2) is 0 Å². The van der Waals surface area contributed by atoms with E-state index in [0.29, 0.717) is 16.4 Å². The van der Waals surface area contributed by atoms with Crippen LogP contribution in [0.15, 0.2) is 113 Å². The number of aromatic nitrogens is 3. The highest BCUT2D eigenvalue weighted by Gasteiger charge is 2.21. The molecule has 5 aromatic carbocycles. The fourth-order valence-electron chi connectivity index (χ4n) is 4.88. The lowest BCUT2D eigenvalue weighted by Gasteiger charge is -2.11. The van der Waals surface area contributed by atoms with Crippen LogP contribution in [0.5, 0.6) is 0 Å². The Bertz CT molecular complexity index is 2080. The van der Waals surface area contributed by atoms with Crippen LogP contribution >= 0.6 is 0 Å². The molecule has 0 aliphatic carbocycles. The summed E-state index contributed by atoms with van der Waals surface area (Å²) >= 11 is 0. The molecule has 0 saturated carbocycles. The molecule has 0 N–H and O–H groups in total. The Balaban J connectivity index is 1.52. The third-order valence-electron chi connectivity index (χ3n) is 6.53. The van der Waals surface area contributed by atoms with Crippen LogP contribution < -0.4 is 0 Å². The molecule has 0 spiro atoms. The molecule has 7 rings (SSSR count). The van der Waals surface area contributed by atoms with Gasteiger partial charge in [-0.25, -0.2) is 18.4 Å². The molecule has 6 heteroatoms. The lowest BCUT2D eigenvalue weighted by Crippen LogP contribution is -2.03. The highest BCUT2D eigenvalue weighted by molar-refractivity contribution is 7.91. The maximum Gasteiger partial charge on any atom is 0.207 e. The van der Waals surface area contributed by atoms with Crippen molar-refractivity contribution < 1.29 is 8.42 Å². The molecule has 0 radical (unpaired) electrons. The molecule has 0 aliphatic rings. The van der Waals surface area contributed by atoms with Crippen molar-refractivity contribution in [1.29, 1.82) is 0 Å². The van der Waals surface area contributed by atoms with Gasteiger partial charge < -0.3 is 0 Å².